The van der Waals surface area contributed by atoms with Crippen LogP contribution in [0.15, 0.2) is 79.0 Å². The summed E-state index contributed by atoms with van der Waals surface area (Å²) in [5, 5.41) is 6.65. The molecule has 2 aromatic heterocycles. The smallest absolute Gasteiger partial charge is 0.191 e. The number of pyridine rings is 1. The van der Waals surface area contributed by atoms with Gasteiger partial charge < -0.3 is 15.4 Å². The predicted octanol–water partition coefficient (Wildman–Crippen LogP) is 3.09. The Kier molecular flexibility index (Phi) is 7.40. The van der Waals surface area contributed by atoms with Gasteiger partial charge in [-0.1, -0.05) is 30.9 Å². The van der Waals surface area contributed by atoms with Crippen LogP contribution >= 0.6 is 0 Å². The van der Waals surface area contributed by atoms with Crippen LogP contribution in [0.5, 0.6) is 5.75 Å². The molecule has 29 heavy (non-hydrogen) atoms. The second kappa shape index (κ2) is 10.7. The van der Waals surface area contributed by atoms with E-state index in [1.165, 1.54) is 0 Å². The molecule has 0 saturated heterocycles. The van der Waals surface area contributed by atoms with E-state index < -0.39 is 0 Å². The number of hydrogen-bond donors (Lipinski definition) is 2. The Labute approximate surface area is 171 Å². The molecule has 2 heterocycles. The maximum absolute atomic E-state index is 5.72. The number of nitrogens with zero attached hydrogens (tertiary/aromatic N) is 4. The van der Waals surface area contributed by atoms with Gasteiger partial charge in [0.2, 0.25) is 0 Å². The van der Waals surface area contributed by atoms with Gasteiger partial charge in [-0.15, -0.1) is 0 Å². The van der Waals surface area contributed by atoms with Crippen molar-refractivity contribution in [2.45, 2.75) is 20.0 Å². The fraction of sp³-hybridized carbons (Fsp3) is 0.227. The average Bonchev–Trinajstić information content (AvgIpc) is 3.30. The van der Waals surface area contributed by atoms with Crippen LogP contribution in [0.2, 0.25) is 0 Å². The first-order valence-electron chi connectivity index (χ1n) is 9.57. The molecule has 0 aliphatic rings. The Balaban J connectivity index is 1.66. The third kappa shape index (κ3) is 5.93. The lowest BCUT2D eigenvalue weighted by Gasteiger charge is -2.14. The van der Waals surface area contributed by atoms with Gasteiger partial charge in [-0.3, -0.25) is 4.57 Å². The van der Waals surface area contributed by atoms with E-state index in [9.17, 15) is 0 Å². The van der Waals surface area contributed by atoms with Gasteiger partial charge in [0.25, 0.3) is 0 Å². The number of rotatable bonds is 9. The summed E-state index contributed by atoms with van der Waals surface area (Å²) in [6.07, 6.45) is 8.85. The summed E-state index contributed by atoms with van der Waals surface area (Å²) in [6, 6.07) is 11.9. The number of para-hydroxylation sites is 1. The van der Waals surface area contributed by atoms with Gasteiger partial charge in [0.15, 0.2) is 5.96 Å². The van der Waals surface area contributed by atoms with E-state index in [1.807, 2.05) is 54.1 Å². The summed E-state index contributed by atoms with van der Waals surface area (Å²) in [6.45, 7) is 8.14. The Morgan fingerprint density at radius 1 is 1.24 bits per heavy atom. The third-order valence-electron chi connectivity index (χ3n) is 4.12. The van der Waals surface area contributed by atoms with Crippen LogP contribution in [0.1, 0.15) is 18.1 Å². The second-order valence-corrected chi connectivity index (χ2v) is 6.25. The second-order valence-electron chi connectivity index (χ2n) is 6.25. The zero-order valence-electron chi connectivity index (χ0n) is 16.6. The lowest BCUT2D eigenvalue weighted by Crippen LogP contribution is -2.36. The Hall–Kier alpha value is -3.61. The zero-order valence-corrected chi connectivity index (χ0v) is 16.6. The Morgan fingerprint density at radius 3 is 2.93 bits per heavy atom. The maximum atomic E-state index is 5.72. The van der Waals surface area contributed by atoms with Gasteiger partial charge >= 0.3 is 0 Å². The van der Waals surface area contributed by atoms with E-state index in [2.05, 4.69) is 27.2 Å². The highest BCUT2D eigenvalue weighted by Crippen LogP contribution is 2.17. The van der Waals surface area contributed by atoms with Crippen LogP contribution in [0.3, 0.4) is 0 Å². The normalized spacial score (nSPS) is 11.1. The Bertz CT molecular complexity index is 936. The van der Waals surface area contributed by atoms with E-state index in [0.29, 0.717) is 19.7 Å². The average molecular weight is 390 g/mol. The first kappa shape index (κ1) is 20.1. The quantitative estimate of drug-likeness (QED) is 0.334. The fourth-order valence-electron chi connectivity index (χ4n) is 2.73. The Morgan fingerprint density at radius 2 is 2.14 bits per heavy atom. The summed E-state index contributed by atoms with van der Waals surface area (Å²) in [4.78, 5) is 13.1. The largest absolute Gasteiger partial charge is 0.489 e. The first-order chi connectivity index (χ1) is 14.3. The third-order valence-corrected chi connectivity index (χ3v) is 4.12. The zero-order chi connectivity index (χ0) is 20.3. The summed E-state index contributed by atoms with van der Waals surface area (Å²) in [5.74, 6) is 2.41. The molecule has 0 radical (unpaired) electrons. The monoisotopic (exact) mass is 390 g/mol. The van der Waals surface area contributed by atoms with E-state index in [4.69, 9.17) is 9.73 Å². The van der Waals surface area contributed by atoms with Gasteiger partial charge in [-0.25, -0.2) is 15.0 Å². The minimum atomic E-state index is 0.479. The number of guanidine groups is 1. The molecule has 0 unspecified atom stereocenters. The molecule has 0 saturated carbocycles. The van der Waals surface area contributed by atoms with Crippen molar-refractivity contribution in [3.63, 3.8) is 0 Å². The minimum absolute atomic E-state index is 0.479. The molecule has 0 bridgehead atoms. The van der Waals surface area contributed by atoms with Crippen molar-refractivity contribution in [2.24, 2.45) is 4.99 Å². The molecule has 3 aromatic rings. The van der Waals surface area contributed by atoms with Crippen molar-refractivity contribution < 1.29 is 4.74 Å². The molecule has 7 heteroatoms. The number of aromatic nitrogens is 3. The number of imidazole rings is 1. The number of aliphatic imine (C=N–C) groups is 1. The van der Waals surface area contributed by atoms with Crippen LogP contribution < -0.4 is 15.4 Å². The molecule has 2 N–H and O–H groups in total. The lowest BCUT2D eigenvalue weighted by molar-refractivity contribution is 0.358. The van der Waals surface area contributed by atoms with Crippen molar-refractivity contribution in [3.05, 3.63) is 85.1 Å². The fourth-order valence-corrected chi connectivity index (χ4v) is 2.73. The summed E-state index contributed by atoms with van der Waals surface area (Å²) >= 11 is 0. The van der Waals surface area contributed by atoms with Crippen molar-refractivity contribution in [1.82, 2.24) is 25.2 Å². The predicted molar refractivity (Wildman–Crippen MR) is 115 cm³/mol. The molecule has 150 valence electrons. The van der Waals surface area contributed by atoms with Crippen LogP contribution in [0, 0.1) is 0 Å². The van der Waals surface area contributed by atoms with Gasteiger partial charge in [-0.05, 0) is 30.7 Å². The highest BCUT2D eigenvalue weighted by molar-refractivity contribution is 5.79. The highest BCUT2D eigenvalue weighted by Gasteiger charge is 2.05. The van der Waals surface area contributed by atoms with E-state index in [0.717, 1.165) is 35.2 Å². The van der Waals surface area contributed by atoms with Crippen LogP contribution in [0.4, 0.5) is 0 Å². The molecule has 0 fully saturated rings. The van der Waals surface area contributed by atoms with Crippen LogP contribution in [0.25, 0.3) is 5.82 Å². The molecule has 3 rings (SSSR count). The van der Waals surface area contributed by atoms with Gasteiger partial charge in [0.1, 0.15) is 24.5 Å². The molecule has 0 atom stereocenters. The summed E-state index contributed by atoms with van der Waals surface area (Å²) in [7, 11) is 0. The molecule has 0 amide bonds. The van der Waals surface area contributed by atoms with Crippen LogP contribution in [-0.4, -0.2) is 33.6 Å². The molecule has 7 nitrogen and oxygen atoms in total. The van der Waals surface area contributed by atoms with Crippen molar-refractivity contribution in [1.29, 1.82) is 0 Å². The molecule has 1 aromatic carbocycles. The topological polar surface area (TPSA) is 76.4 Å². The molecular formula is C22H26N6O. The summed E-state index contributed by atoms with van der Waals surface area (Å²) < 4.78 is 7.60. The molecular weight excluding hydrogens is 364 g/mol. The minimum Gasteiger partial charge on any atom is -0.489 e. The standard InChI is InChI=1S/C22H26N6O/c1-3-13-29-20-8-6-5-7-19(20)16-27-22(24-4-2)26-15-18-9-10-25-21(14-18)28-12-11-23-17-28/h3,5-12,14,17H,1,4,13,15-16H2,2H3,(H2,24,26,27). The van der Waals surface area contributed by atoms with E-state index in [-0.39, 0.29) is 0 Å². The molecule has 0 aliphatic heterocycles. The van der Waals surface area contributed by atoms with Crippen molar-refractivity contribution in [2.75, 3.05) is 13.2 Å². The number of nitrogens with one attached hydrogen (secondary N) is 2. The molecule has 0 aliphatic carbocycles. The SMILES string of the molecule is C=CCOc1ccccc1CNC(=NCc1ccnc(-n2ccnc2)c1)NCC. The first-order valence-corrected chi connectivity index (χ1v) is 9.57. The lowest BCUT2D eigenvalue weighted by atomic mass is 10.2. The number of ether oxygens (including phenoxy) is 1. The van der Waals surface area contributed by atoms with Crippen molar-refractivity contribution >= 4 is 5.96 Å². The van der Waals surface area contributed by atoms with E-state index >= 15 is 0 Å². The van der Waals surface area contributed by atoms with Crippen LogP contribution in [-0.2, 0) is 13.1 Å². The van der Waals surface area contributed by atoms with Gasteiger partial charge in [-0.2, -0.15) is 0 Å². The van der Waals surface area contributed by atoms with Gasteiger partial charge in [0, 0.05) is 37.2 Å². The number of hydrogen-bond acceptors (Lipinski definition) is 4. The van der Waals surface area contributed by atoms with E-state index in [1.54, 1.807) is 24.8 Å². The van der Waals surface area contributed by atoms with Gasteiger partial charge in [0.05, 0.1) is 6.54 Å². The molecule has 0 spiro atoms. The number of benzene rings is 1. The van der Waals surface area contributed by atoms with Crippen molar-refractivity contribution in [3.8, 4) is 11.6 Å². The summed E-state index contributed by atoms with van der Waals surface area (Å²) in [5.41, 5.74) is 2.13. The maximum Gasteiger partial charge on any atom is 0.191 e. The highest BCUT2D eigenvalue weighted by atomic mass is 16.5.